The molecule has 1 aliphatic carbocycles. The van der Waals surface area contributed by atoms with Crippen molar-refractivity contribution in [3.63, 3.8) is 0 Å². The number of amides is 1. The minimum Gasteiger partial charge on any atom is -0.383 e. The Balaban J connectivity index is 1.61. The Bertz CT molecular complexity index is 535. The number of nitrogen functional groups attached to an aromatic ring is 1. The van der Waals surface area contributed by atoms with Gasteiger partial charge in [-0.15, -0.1) is 0 Å². The third-order valence-corrected chi connectivity index (χ3v) is 4.76. The highest BCUT2D eigenvalue weighted by atomic mass is 16.1. The SMILES string of the molecule is NC(=O)c1cnc(N2CCN(C3CCCCC3)CC2)nc1N. The molecule has 1 aromatic rings. The molecule has 120 valence electrons. The third-order valence-electron chi connectivity index (χ3n) is 4.76. The van der Waals surface area contributed by atoms with Crippen LogP contribution in [0.4, 0.5) is 11.8 Å². The largest absolute Gasteiger partial charge is 0.383 e. The molecule has 0 bridgehead atoms. The van der Waals surface area contributed by atoms with E-state index in [1.165, 1.54) is 38.3 Å². The Morgan fingerprint density at radius 1 is 1.14 bits per heavy atom. The van der Waals surface area contributed by atoms with E-state index < -0.39 is 5.91 Å². The van der Waals surface area contributed by atoms with Gasteiger partial charge in [0.15, 0.2) is 0 Å². The van der Waals surface area contributed by atoms with Crippen molar-refractivity contribution in [3.8, 4) is 0 Å². The summed E-state index contributed by atoms with van der Waals surface area (Å²) in [6.45, 7) is 3.86. The second kappa shape index (κ2) is 6.48. The fourth-order valence-corrected chi connectivity index (χ4v) is 3.46. The Morgan fingerprint density at radius 2 is 1.82 bits per heavy atom. The topological polar surface area (TPSA) is 101 Å². The van der Waals surface area contributed by atoms with Gasteiger partial charge in [0.25, 0.3) is 5.91 Å². The molecule has 7 heteroatoms. The molecule has 0 atom stereocenters. The van der Waals surface area contributed by atoms with Crippen molar-refractivity contribution in [2.75, 3.05) is 36.8 Å². The van der Waals surface area contributed by atoms with Crippen LogP contribution in [-0.2, 0) is 0 Å². The smallest absolute Gasteiger partial charge is 0.254 e. The molecule has 2 aliphatic rings. The van der Waals surface area contributed by atoms with Gasteiger partial charge in [-0.25, -0.2) is 4.98 Å². The summed E-state index contributed by atoms with van der Waals surface area (Å²) in [5, 5.41) is 0. The van der Waals surface area contributed by atoms with E-state index >= 15 is 0 Å². The summed E-state index contributed by atoms with van der Waals surface area (Å²) in [7, 11) is 0. The van der Waals surface area contributed by atoms with Gasteiger partial charge < -0.3 is 16.4 Å². The fourth-order valence-electron chi connectivity index (χ4n) is 3.46. The fraction of sp³-hybridized carbons (Fsp3) is 0.667. The van der Waals surface area contributed by atoms with Crippen LogP contribution >= 0.6 is 0 Å². The van der Waals surface area contributed by atoms with Crippen LogP contribution in [-0.4, -0.2) is 53.0 Å². The number of nitrogens with two attached hydrogens (primary N) is 2. The van der Waals surface area contributed by atoms with Crippen LogP contribution in [0.5, 0.6) is 0 Å². The molecule has 1 saturated heterocycles. The number of carbonyl (C=O) groups excluding carboxylic acids is 1. The number of primary amides is 1. The Hall–Kier alpha value is -1.89. The zero-order valence-electron chi connectivity index (χ0n) is 12.9. The molecule has 2 heterocycles. The average molecular weight is 304 g/mol. The van der Waals surface area contributed by atoms with Crippen molar-refractivity contribution >= 4 is 17.7 Å². The molecule has 1 amide bonds. The quantitative estimate of drug-likeness (QED) is 0.848. The maximum absolute atomic E-state index is 11.2. The third kappa shape index (κ3) is 3.14. The van der Waals surface area contributed by atoms with Gasteiger partial charge in [0, 0.05) is 38.4 Å². The van der Waals surface area contributed by atoms with E-state index in [4.69, 9.17) is 11.5 Å². The molecular formula is C15H24N6O. The normalized spacial score (nSPS) is 21.0. The van der Waals surface area contributed by atoms with E-state index in [1.807, 2.05) is 0 Å². The van der Waals surface area contributed by atoms with Crippen LogP contribution in [0.15, 0.2) is 6.20 Å². The Morgan fingerprint density at radius 3 is 2.41 bits per heavy atom. The Labute approximate surface area is 130 Å². The number of hydrogen-bond acceptors (Lipinski definition) is 6. The molecule has 0 aromatic carbocycles. The average Bonchev–Trinajstić information content (AvgIpc) is 2.55. The number of anilines is 2. The molecule has 0 radical (unpaired) electrons. The van der Waals surface area contributed by atoms with E-state index in [9.17, 15) is 4.79 Å². The number of hydrogen-bond donors (Lipinski definition) is 2. The first-order valence-electron chi connectivity index (χ1n) is 8.06. The lowest BCUT2D eigenvalue weighted by molar-refractivity contribution is 0.100. The molecule has 1 aliphatic heterocycles. The molecule has 4 N–H and O–H groups in total. The van der Waals surface area contributed by atoms with E-state index in [1.54, 1.807) is 0 Å². The monoisotopic (exact) mass is 304 g/mol. The lowest BCUT2D eigenvalue weighted by atomic mass is 9.94. The number of nitrogens with zero attached hydrogens (tertiary/aromatic N) is 4. The molecule has 3 rings (SSSR count). The zero-order valence-corrected chi connectivity index (χ0v) is 12.9. The van der Waals surface area contributed by atoms with Crippen LogP contribution < -0.4 is 16.4 Å². The highest BCUT2D eigenvalue weighted by molar-refractivity contribution is 5.96. The molecule has 7 nitrogen and oxygen atoms in total. The van der Waals surface area contributed by atoms with Crippen LogP contribution in [0.1, 0.15) is 42.5 Å². The van der Waals surface area contributed by atoms with Gasteiger partial charge in [-0.05, 0) is 12.8 Å². The summed E-state index contributed by atoms with van der Waals surface area (Å²) in [6.07, 6.45) is 8.19. The van der Waals surface area contributed by atoms with Crippen molar-refractivity contribution < 1.29 is 4.79 Å². The van der Waals surface area contributed by atoms with E-state index in [-0.39, 0.29) is 11.4 Å². The zero-order chi connectivity index (χ0) is 15.5. The van der Waals surface area contributed by atoms with Crippen LogP contribution in [0, 0.1) is 0 Å². The first-order chi connectivity index (χ1) is 10.6. The summed E-state index contributed by atoms with van der Waals surface area (Å²) < 4.78 is 0. The summed E-state index contributed by atoms with van der Waals surface area (Å²) in [5.74, 6) is 0.157. The van der Waals surface area contributed by atoms with Crippen LogP contribution in [0.25, 0.3) is 0 Å². The molecule has 0 spiro atoms. The van der Waals surface area contributed by atoms with Gasteiger partial charge >= 0.3 is 0 Å². The van der Waals surface area contributed by atoms with E-state index in [0.29, 0.717) is 5.95 Å². The minimum absolute atomic E-state index is 0.159. The van der Waals surface area contributed by atoms with Crippen molar-refractivity contribution in [3.05, 3.63) is 11.8 Å². The van der Waals surface area contributed by atoms with E-state index in [2.05, 4.69) is 19.8 Å². The first kappa shape index (κ1) is 15.0. The minimum atomic E-state index is -0.592. The summed E-state index contributed by atoms with van der Waals surface area (Å²) in [4.78, 5) is 24.4. The molecule has 1 aromatic heterocycles. The predicted octanol–water partition coefficient (Wildman–Crippen LogP) is 0.612. The van der Waals surface area contributed by atoms with Gasteiger partial charge in [0.1, 0.15) is 5.82 Å². The second-order valence-corrected chi connectivity index (χ2v) is 6.15. The van der Waals surface area contributed by atoms with Crippen molar-refractivity contribution in [2.24, 2.45) is 5.73 Å². The lowest BCUT2D eigenvalue weighted by Crippen LogP contribution is -2.51. The van der Waals surface area contributed by atoms with E-state index in [0.717, 1.165) is 32.2 Å². The summed E-state index contributed by atoms with van der Waals surface area (Å²) >= 11 is 0. The standard InChI is InChI=1S/C15H24N6O/c16-13-12(14(17)22)10-18-15(19-13)21-8-6-20(7-9-21)11-4-2-1-3-5-11/h10-11H,1-9H2,(H2,17,22)(H2,16,18,19). The van der Waals surface area contributed by atoms with Gasteiger partial charge in [-0.2, -0.15) is 4.98 Å². The highest BCUT2D eigenvalue weighted by Gasteiger charge is 2.26. The molecular weight excluding hydrogens is 280 g/mol. The number of aromatic nitrogens is 2. The Kier molecular flexibility index (Phi) is 4.42. The summed E-state index contributed by atoms with van der Waals surface area (Å²) in [5.41, 5.74) is 11.2. The van der Waals surface area contributed by atoms with Gasteiger partial charge in [0.05, 0.1) is 5.56 Å². The lowest BCUT2D eigenvalue weighted by Gasteiger charge is -2.40. The van der Waals surface area contributed by atoms with Crippen LogP contribution in [0.3, 0.4) is 0 Å². The van der Waals surface area contributed by atoms with Crippen molar-refractivity contribution in [1.82, 2.24) is 14.9 Å². The molecule has 0 unspecified atom stereocenters. The predicted molar refractivity (Wildman–Crippen MR) is 85.6 cm³/mol. The summed E-state index contributed by atoms with van der Waals surface area (Å²) in [6, 6.07) is 0.749. The van der Waals surface area contributed by atoms with Crippen molar-refractivity contribution in [1.29, 1.82) is 0 Å². The van der Waals surface area contributed by atoms with Crippen LogP contribution in [0.2, 0.25) is 0 Å². The number of rotatable bonds is 3. The molecule has 22 heavy (non-hydrogen) atoms. The maximum Gasteiger partial charge on any atom is 0.254 e. The number of carbonyl (C=O) groups is 1. The maximum atomic E-state index is 11.2. The van der Waals surface area contributed by atoms with Gasteiger partial charge in [0.2, 0.25) is 5.95 Å². The van der Waals surface area contributed by atoms with Gasteiger partial charge in [-0.3, -0.25) is 9.69 Å². The first-order valence-corrected chi connectivity index (χ1v) is 8.06. The number of piperazine rings is 1. The molecule has 1 saturated carbocycles. The van der Waals surface area contributed by atoms with Crippen molar-refractivity contribution in [2.45, 2.75) is 38.1 Å². The molecule has 2 fully saturated rings. The highest BCUT2D eigenvalue weighted by Crippen LogP contribution is 2.24. The van der Waals surface area contributed by atoms with Gasteiger partial charge in [-0.1, -0.05) is 19.3 Å². The second-order valence-electron chi connectivity index (χ2n) is 6.15.